The van der Waals surface area contributed by atoms with E-state index in [1.807, 2.05) is 31.4 Å². The van der Waals surface area contributed by atoms with Crippen molar-refractivity contribution >= 4 is 23.2 Å². The van der Waals surface area contributed by atoms with Gasteiger partial charge < -0.3 is 10.0 Å². The van der Waals surface area contributed by atoms with Gasteiger partial charge >= 0.3 is 5.97 Å². The molecule has 0 saturated heterocycles. The molecular weight excluding hydrogens is 238 g/mol. The van der Waals surface area contributed by atoms with Gasteiger partial charge in [0.1, 0.15) is 6.54 Å². The van der Waals surface area contributed by atoms with Crippen LogP contribution >= 0.6 is 11.3 Å². The zero-order valence-electron chi connectivity index (χ0n) is 10.0. The SMILES string of the molecule is CCC(C)N(CC(=O)O)C(=O)Cc1cccs1. The number of amides is 1. The van der Waals surface area contributed by atoms with Gasteiger partial charge in [-0.15, -0.1) is 11.3 Å². The summed E-state index contributed by atoms with van der Waals surface area (Å²) in [5.74, 6) is -1.09. The predicted molar refractivity (Wildman–Crippen MR) is 67.1 cm³/mol. The van der Waals surface area contributed by atoms with Gasteiger partial charge in [0.2, 0.25) is 5.91 Å². The molecule has 1 amide bonds. The number of carbonyl (C=O) groups is 2. The Hall–Kier alpha value is -1.36. The van der Waals surface area contributed by atoms with Gasteiger partial charge in [-0.2, -0.15) is 0 Å². The fourth-order valence-corrected chi connectivity index (χ4v) is 2.22. The second kappa shape index (κ2) is 6.39. The average Bonchev–Trinajstić information content (AvgIpc) is 2.77. The van der Waals surface area contributed by atoms with Gasteiger partial charge in [0.05, 0.1) is 6.42 Å². The third kappa shape index (κ3) is 4.19. The number of aliphatic carboxylic acids is 1. The zero-order valence-corrected chi connectivity index (χ0v) is 10.9. The first-order chi connectivity index (χ1) is 8.04. The van der Waals surface area contributed by atoms with E-state index in [4.69, 9.17) is 5.11 Å². The highest BCUT2D eigenvalue weighted by Gasteiger charge is 2.21. The highest BCUT2D eigenvalue weighted by atomic mass is 32.1. The van der Waals surface area contributed by atoms with Crippen molar-refractivity contribution < 1.29 is 14.7 Å². The Balaban J connectivity index is 2.68. The molecule has 1 aromatic rings. The van der Waals surface area contributed by atoms with E-state index >= 15 is 0 Å². The quantitative estimate of drug-likeness (QED) is 0.846. The largest absolute Gasteiger partial charge is 0.480 e. The summed E-state index contributed by atoms with van der Waals surface area (Å²) in [5, 5.41) is 10.7. The van der Waals surface area contributed by atoms with Crippen LogP contribution in [-0.2, 0) is 16.0 Å². The highest BCUT2D eigenvalue weighted by Crippen LogP contribution is 2.13. The molecule has 1 unspecified atom stereocenters. The molecule has 1 aromatic heterocycles. The summed E-state index contributed by atoms with van der Waals surface area (Å²) in [6.07, 6.45) is 1.04. The number of rotatable bonds is 6. The number of carbonyl (C=O) groups excluding carboxylic acids is 1. The molecule has 1 N–H and O–H groups in total. The van der Waals surface area contributed by atoms with Crippen molar-refractivity contribution in [3.63, 3.8) is 0 Å². The molecule has 0 fully saturated rings. The minimum atomic E-state index is -0.968. The van der Waals surface area contributed by atoms with Crippen molar-refractivity contribution in [1.82, 2.24) is 4.90 Å². The highest BCUT2D eigenvalue weighted by molar-refractivity contribution is 7.10. The lowest BCUT2D eigenvalue weighted by atomic mass is 10.2. The first kappa shape index (κ1) is 13.7. The molecule has 5 heteroatoms. The molecule has 0 aliphatic rings. The lowest BCUT2D eigenvalue weighted by molar-refractivity contribution is -0.145. The molecule has 1 rings (SSSR count). The summed E-state index contributed by atoms with van der Waals surface area (Å²) >= 11 is 1.51. The van der Waals surface area contributed by atoms with Gasteiger partial charge in [0.25, 0.3) is 0 Å². The summed E-state index contributed by atoms with van der Waals surface area (Å²) in [6.45, 7) is 3.59. The Morgan fingerprint density at radius 2 is 2.24 bits per heavy atom. The second-order valence-electron chi connectivity index (χ2n) is 3.93. The van der Waals surface area contributed by atoms with Crippen LogP contribution in [0.4, 0.5) is 0 Å². The van der Waals surface area contributed by atoms with E-state index in [-0.39, 0.29) is 24.9 Å². The van der Waals surface area contributed by atoms with E-state index in [1.165, 1.54) is 16.2 Å². The van der Waals surface area contributed by atoms with Crippen LogP contribution in [0.15, 0.2) is 17.5 Å². The summed E-state index contributed by atoms with van der Waals surface area (Å²) in [7, 11) is 0. The molecule has 1 atom stereocenters. The molecule has 0 bridgehead atoms. The second-order valence-corrected chi connectivity index (χ2v) is 4.96. The third-order valence-corrected chi connectivity index (χ3v) is 3.53. The van der Waals surface area contributed by atoms with Gasteiger partial charge in [-0.25, -0.2) is 0 Å². The Labute approximate surface area is 105 Å². The number of nitrogens with zero attached hydrogens (tertiary/aromatic N) is 1. The van der Waals surface area contributed by atoms with E-state index in [1.54, 1.807) is 0 Å². The van der Waals surface area contributed by atoms with Crippen LogP contribution in [0.1, 0.15) is 25.1 Å². The Morgan fingerprint density at radius 1 is 1.53 bits per heavy atom. The van der Waals surface area contributed by atoms with Crippen molar-refractivity contribution in [3.8, 4) is 0 Å². The van der Waals surface area contributed by atoms with Crippen LogP contribution in [0.5, 0.6) is 0 Å². The van der Waals surface area contributed by atoms with Crippen molar-refractivity contribution in [2.24, 2.45) is 0 Å². The number of hydrogen-bond donors (Lipinski definition) is 1. The molecule has 0 spiro atoms. The van der Waals surface area contributed by atoms with Gasteiger partial charge in [-0.1, -0.05) is 13.0 Å². The van der Waals surface area contributed by atoms with Crippen molar-refractivity contribution in [2.75, 3.05) is 6.54 Å². The lowest BCUT2D eigenvalue weighted by Gasteiger charge is -2.26. The van der Waals surface area contributed by atoms with E-state index in [2.05, 4.69) is 0 Å². The molecule has 0 aliphatic heterocycles. The number of carboxylic acids is 1. The third-order valence-electron chi connectivity index (χ3n) is 2.65. The fourth-order valence-electron chi connectivity index (χ4n) is 1.52. The Kier molecular flexibility index (Phi) is 5.15. The number of hydrogen-bond acceptors (Lipinski definition) is 3. The van der Waals surface area contributed by atoms with Crippen LogP contribution in [0.2, 0.25) is 0 Å². The van der Waals surface area contributed by atoms with Crippen LogP contribution in [0.25, 0.3) is 0 Å². The molecule has 0 saturated carbocycles. The monoisotopic (exact) mass is 255 g/mol. The van der Waals surface area contributed by atoms with E-state index < -0.39 is 5.97 Å². The topological polar surface area (TPSA) is 57.6 Å². The number of carboxylic acid groups (broad SMARTS) is 1. The normalized spacial score (nSPS) is 12.1. The van der Waals surface area contributed by atoms with E-state index in [0.29, 0.717) is 0 Å². The maximum absolute atomic E-state index is 12.0. The predicted octanol–water partition coefficient (Wildman–Crippen LogP) is 2.00. The Bertz CT molecular complexity index is 375. The van der Waals surface area contributed by atoms with Crippen molar-refractivity contribution in [2.45, 2.75) is 32.7 Å². The van der Waals surface area contributed by atoms with Crippen LogP contribution in [0, 0.1) is 0 Å². The maximum atomic E-state index is 12.0. The van der Waals surface area contributed by atoms with Gasteiger partial charge in [0, 0.05) is 10.9 Å². The van der Waals surface area contributed by atoms with E-state index in [0.717, 1.165) is 11.3 Å². The molecular formula is C12H17NO3S. The first-order valence-electron chi connectivity index (χ1n) is 5.58. The molecule has 0 radical (unpaired) electrons. The van der Waals surface area contributed by atoms with Gasteiger partial charge in [-0.05, 0) is 24.8 Å². The fraction of sp³-hybridized carbons (Fsp3) is 0.500. The van der Waals surface area contributed by atoms with Gasteiger partial charge in [-0.3, -0.25) is 9.59 Å². The number of thiophene rings is 1. The van der Waals surface area contributed by atoms with Crippen LogP contribution in [-0.4, -0.2) is 34.5 Å². The molecule has 1 heterocycles. The minimum Gasteiger partial charge on any atom is -0.480 e. The molecule has 17 heavy (non-hydrogen) atoms. The summed E-state index contributed by atoms with van der Waals surface area (Å²) in [6, 6.07) is 3.73. The molecule has 0 aliphatic carbocycles. The standard InChI is InChI=1S/C12H17NO3S/c1-3-9(2)13(8-12(15)16)11(14)7-10-5-4-6-17-10/h4-6,9H,3,7-8H2,1-2H3,(H,15,16). The smallest absolute Gasteiger partial charge is 0.323 e. The minimum absolute atomic E-state index is 0.0430. The summed E-state index contributed by atoms with van der Waals surface area (Å²) in [4.78, 5) is 25.2. The molecule has 4 nitrogen and oxygen atoms in total. The zero-order chi connectivity index (χ0) is 12.8. The Morgan fingerprint density at radius 3 is 2.71 bits per heavy atom. The summed E-state index contributed by atoms with van der Waals surface area (Å²) < 4.78 is 0. The van der Waals surface area contributed by atoms with Crippen molar-refractivity contribution in [1.29, 1.82) is 0 Å². The lowest BCUT2D eigenvalue weighted by Crippen LogP contribution is -2.42. The maximum Gasteiger partial charge on any atom is 0.323 e. The first-order valence-corrected chi connectivity index (χ1v) is 6.46. The average molecular weight is 255 g/mol. The van der Waals surface area contributed by atoms with E-state index in [9.17, 15) is 9.59 Å². The molecule has 94 valence electrons. The molecule has 0 aromatic carbocycles. The summed E-state index contributed by atoms with van der Waals surface area (Å²) in [5.41, 5.74) is 0. The van der Waals surface area contributed by atoms with Crippen LogP contribution < -0.4 is 0 Å². The van der Waals surface area contributed by atoms with Crippen LogP contribution in [0.3, 0.4) is 0 Å². The van der Waals surface area contributed by atoms with Gasteiger partial charge in [0.15, 0.2) is 0 Å². The van der Waals surface area contributed by atoms with Crippen molar-refractivity contribution in [3.05, 3.63) is 22.4 Å².